The van der Waals surface area contributed by atoms with Crippen molar-refractivity contribution in [2.75, 3.05) is 5.32 Å². The number of carbonyl (C=O) groups excluding carboxylic acids is 2. The van der Waals surface area contributed by atoms with Gasteiger partial charge in [0.05, 0.1) is 14.0 Å². The van der Waals surface area contributed by atoms with Gasteiger partial charge in [-0.05, 0) is 47.7 Å². The Morgan fingerprint density at radius 3 is 2.70 bits per heavy atom. The van der Waals surface area contributed by atoms with Crippen molar-refractivity contribution in [3.8, 4) is 0 Å². The smallest absolute Gasteiger partial charge is 0.318 e. The van der Waals surface area contributed by atoms with Crippen molar-refractivity contribution < 1.29 is 9.59 Å². The summed E-state index contributed by atoms with van der Waals surface area (Å²) in [6.45, 7) is 0. The summed E-state index contributed by atoms with van der Waals surface area (Å²) in [5.74, 6) is 0.403. The lowest BCUT2D eigenvalue weighted by molar-refractivity contribution is -0.124. The summed E-state index contributed by atoms with van der Waals surface area (Å²) in [5, 5.41) is 5.61. The first-order valence-electron chi connectivity index (χ1n) is 7.30. The van der Waals surface area contributed by atoms with E-state index in [-0.39, 0.29) is 17.9 Å². The second kappa shape index (κ2) is 6.79. The first kappa shape index (κ1) is 16.1. The van der Waals surface area contributed by atoms with Crippen LogP contribution in [-0.2, 0) is 4.79 Å². The molecule has 3 rings (SSSR count). The number of amides is 3. The van der Waals surface area contributed by atoms with Gasteiger partial charge in [-0.15, -0.1) is 11.3 Å². The predicted octanol–water partition coefficient (Wildman–Crippen LogP) is 2.62. The Balaban J connectivity index is 1.62. The third-order valence-corrected chi connectivity index (χ3v) is 5.60. The topological polar surface area (TPSA) is 110 Å². The number of imide groups is 1. The fraction of sp³-hybridized carbons (Fsp3) is 0.429. The minimum atomic E-state index is -0.790. The average Bonchev–Trinajstić information content (AvgIpc) is 2.88. The molecule has 23 heavy (non-hydrogen) atoms. The van der Waals surface area contributed by atoms with Crippen molar-refractivity contribution in [1.82, 2.24) is 15.3 Å². The molecule has 0 bridgehead atoms. The number of thiophene rings is 1. The highest BCUT2D eigenvalue weighted by Gasteiger charge is 2.27. The van der Waals surface area contributed by atoms with E-state index in [0.717, 1.165) is 45.5 Å². The largest absolute Gasteiger partial charge is 0.366 e. The zero-order chi connectivity index (χ0) is 16.4. The zero-order valence-corrected chi connectivity index (χ0v) is 14.6. The Hall–Kier alpha value is -1.74. The number of hydrogen-bond donors (Lipinski definition) is 3. The SMILES string of the molecule is NC(=O)NC(=O)C1CCC(Nc2ncnc3cc(Br)sc23)CC1. The van der Waals surface area contributed by atoms with Gasteiger partial charge in [-0.2, -0.15) is 0 Å². The van der Waals surface area contributed by atoms with E-state index in [1.54, 1.807) is 17.7 Å². The summed E-state index contributed by atoms with van der Waals surface area (Å²) in [6.07, 6.45) is 4.68. The molecule has 9 heteroatoms. The monoisotopic (exact) mass is 397 g/mol. The van der Waals surface area contributed by atoms with Crippen LogP contribution in [0.3, 0.4) is 0 Å². The van der Waals surface area contributed by atoms with Crippen LogP contribution in [0.25, 0.3) is 10.2 Å². The molecule has 1 aliphatic carbocycles. The van der Waals surface area contributed by atoms with Crippen molar-refractivity contribution >= 4 is 55.2 Å². The minimum absolute atomic E-state index is 0.151. The fourth-order valence-electron chi connectivity index (χ4n) is 2.84. The molecule has 0 aliphatic heterocycles. The molecule has 2 heterocycles. The van der Waals surface area contributed by atoms with Crippen LogP contribution in [0, 0.1) is 5.92 Å². The number of carbonyl (C=O) groups is 2. The van der Waals surface area contributed by atoms with Gasteiger partial charge in [0.2, 0.25) is 5.91 Å². The number of fused-ring (bicyclic) bond motifs is 1. The first-order valence-corrected chi connectivity index (χ1v) is 8.90. The van der Waals surface area contributed by atoms with E-state index in [4.69, 9.17) is 5.73 Å². The van der Waals surface area contributed by atoms with Crippen LogP contribution >= 0.6 is 27.3 Å². The molecule has 7 nitrogen and oxygen atoms in total. The van der Waals surface area contributed by atoms with Crippen LogP contribution in [0.2, 0.25) is 0 Å². The van der Waals surface area contributed by atoms with Crippen LogP contribution in [0.5, 0.6) is 0 Å². The molecule has 1 fully saturated rings. The number of hydrogen-bond acceptors (Lipinski definition) is 6. The molecule has 122 valence electrons. The number of rotatable bonds is 3. The van der Waals surface area contributed by atoms with Gasteiger partial charge in [0.25, 0.3) is 0 Å². The molecule has 1 aliphatic rings. The predicted molar refractivity (Wildman–Crippen MR) is 92.2 cm³/mol. The molecule has 0 spiro atoms. The summed E-state index contributed by atoms with van der Waals surface area (Å²) in [6, 6.07) is 1.44. The number of aromatic nitrogens is 2. The minimum Gasteiger partial charge on any atom is -0.366 e. The van der Waals surface area contributed by atoms with Gasteiger partial charge in [0, 0.05) is 12.0 Å². The van der Waals surface area contributed by atoms with E-state index in [1.165, 1.54) is 0 Å². The van der Waals surface area contributed by atoms with E-state index in [2.05, 4.69) is 36.5 Å². The molecule has 0 aromatic carbocycles. The van der Waals surface area contributed by atoms with Crippen molar-refractivity contribution in [2.24, 2.45) is 11.7 Å². The quantitative estimate of drug-likeness (QED) is 0.736. The maximum Gasteiger partial charge on any atom is 0.318 e. The Morgan fingerprint density at radius 1 is 1.26 bits per heavy atom. The van der Waals surface area contributed by atoms with E-state index >= 15 is 0 Å². The number of halogens is 1. The normalized spacial score (nSPS) is 21.1. The molecule has 0 atom stereocenters. The van der Waals surface area contributed by atoms with E-state index < -0.39 is 6.03 Å². The van der Waals surface area contributed by atoms with Crippen molar-refractivity contribution in [3.05, 3.63) is 16.2 Å². The van der Waals surface area contributed by atoms with Crippen LogP contribution < -0.4 is 16.4 Å². The number of nitrogens with two attached hydrogens (primary N) is 1. The van der Waals surface area contributed by atoms with Gasteiger partial charge in [0.15, 0.2) is 0 Å². The van der Waals surface area contributed by atoms with Gasteiger partial charge in [-0.1, -0.05) is 0 Å². The molecule has 4 N–H and O–H groups in total. The molecule has 3 amide bonds. The summed E-state index contributed by atoms with van der Waals surface area (Å²) < 4.78 is 2.04. The average molecular weight is 398 g/mol. The summed E-state index contributed by atoms with van der Waals surface area (Å²) in [7, 11) is 0. The van der Waals surface area contributed by atoms with Gasteiger partial charge < -0.3 is 11.1 Å². The van der Waals surface area contributed by atoms with Crippen LogP contribution in [0.1, 0.15) is 25.7 Å². The van der Waals surface area contributed by atoms with Gasteiger partial charge in [-0.25, -0.2) is 14.8 Å². The number of urea groups is 1. The third kappa shape index (κ3) is 3.78. The number of nitrogens with one attached hydrogen (secondary N) is 2. The van der Waals surface area contributed by atoms with Crippen molar-refractivity contribution in [3.63, 3.8) is 0 Å². The highest BCUT2D eigenvalue weighted by Crippen LogP contribution is 2.34. The van der Waals surface area contributed by atoms with Crippen LogP contribution in [0.4, 0.5) is 10.6 Å². The molecule has 2 aromatic rings. The second-order valence-electron chi connectivity index (χ2n) is 5.53. The molecule has 1 saturated carbocycles. The molecule has 0 radical (unpaired) electrons. The lowest BCUT2D eigenvalue weighted by Crippen LogP contribution is -2.41. The molecule has 2 aromatic heterocycles. The van der Waals surface area contributed by atoms with Gasteiger partial charge >= 0.3 is 6.03 Å². The Bertz CT molecular complexity index is 742. The molecule has 0 saturated heterocycles. The lowest BCUT2D eigenvalue weighted by Gasteiger charge is -2.28. The second-order valence-corrected chi connectivity index (χ2v) is 7.96. The summed E-state index contributed by atoms with van der Waals surface area (Å²) in [5.41, 5.74) is 5.90. The van der Waals surface area contributed by atoms with Crippen molar-refractivity contribution in [1.29, 1.82) is 0 Å². The van der Waals surface area contributed by atoms with Gasteiger partial charge in [-0.3, -0.25) is 10.1 Å². The Morgan fingerprint density at radius 2 is 2.00 bits per heavy atom. The van der Waals surface area contributed by atoms with Crippen molar-refractivity contribution in [2.45, 2.75) is 31.7 Å². The summed E-state index contributed by atoms with van der Waals surface area (Å²) >= 11 is 5.06. The number of primary amides is 1. The van der Waals surface area contributed by atoms with E-state index in [1.807, 2.05) is 6.07 Å². The van der Waals surface area contributed by atoms with E-state index in [0.29, 0.717) is 0 Å². The first-order chi connectivity index (χ1) is 11.0. The third-order valence-electron chi connectivity index (χ3n) is 3.97. The maximum atomic E-state index is 11.8. The zero-order valence-electron chi connectivity index (χ0n) is 12.2. The summed E-state index contributed by atoms with van der Waals surface area (Å²) in [4.78, 5) is 31.1. The molecular weight excluding hydrogens is 382 g/mol. The highest BCUT2D eigenvalue weighted by atomic mass is 79.9. The Kier molecular flexibility index (Phi) is 4.76. The molecular formula is C14H16BrN5O2S. The highest BCUT2D eigenvalue weighted by molar-refractivity contribution is 9.11. The maximum absolute atomic E-state index is 11.8. The number of nitrogens with zero attached hydrogens (tertiary/aromatic N) is 2. The van der Waals surface area contributed by atoms with Crippen LogP contribution in [0.15, 0.2) is 16.2 Å². The molecule has 0 unspecified atom stereocenters. The standard InChI is InChI=1S/C14H16BrN5O2S/c15-10-5-9-11(23-10)12(18-6-17-9)19-8-3-1-7(2-4-8)13(21)20-14(16)22/h5-8H,1-4H2,(H,17,18,19)(H3,16,20,21,22). The number of anilines is 1. The van der Waals surface area contributed by atoms with Gasteiger partial charge in [0.1, 0.15) is 12.1 Å². The lowest BCUT2D eigenvalue weighted by atomic mass is 9.85. The van der Waals surface area contributed by atoms with Crippen LogP contribution in [-0.4, -0.2) is 27.9 Å². The van der Waals surface area contributed by atoms with E-state index in [9.17, 15) is 9.59 Å². The fourth-order valence-corrected chi connectivity index (χ4v) is 4.34. The Labute approximate surface area is 145 Å².